The van der Waals surface area contributed by atoms with Gasteiger partial charge in [-0.2, -0.15) is 0 Å². The highest BCUT2D eigenvalue weighted by molar-refractivity contribution is 7.11. The molecule has 142 valence electrons. The number of hydrogen-bond acceptors (Lipinski definition) is 4. The number of nitrogens with zero attached hydrogens (tertiary/aromatic N) is 4. The fraction of sp³-hybridized carbons (Fsp3) is 0.350. The quantitative estimate of drug-likeness (QED) is 0.486. The summed E-state index contributed by atoms with van der Waals surface area (Å²) in [6.07, 6.45) is 8.17. The van der Waals surface area contributed by atoms with Gasteiger partial charge in [-0.3, -0.25) is 4.57 Å². The summed E-state index contributed by atoms with van der Waals surface area (Å²) in [4.78, 5) is 15.9. The van der Waals surface area contributed by atoms with Crippen molar-refractivity contribution in [2.45, 2.75) is 39.8 Å². The van der Waals surface area contributed by atoms with Gasteiger partial charge in [0.05, 0.1) is 6.54 Å². The third kappa shape index (κ3) is 5.65. The van der Waals surface area contributed by atoms with Gasteiger partial charge in [0.2, 0.25) is 0 Å². The van der Waals surface area contributed by atoms with Gasteiger partial charge in [0.25, 0.3) is 0 Å². The molecule has 0 aromatic carbocycles. The lowest BCUT2D eigenvalue weighted by Gasteiger charge is -2.17. The molecule has 0 amide bonds. The maximum atomic E-state index is 4.74. The van der Waals surface area contributed by atoms with Crippen molar-refractivity contribution in [2.24, 2.45) is 4.99 Å². The number of aryl methyl sites for hydroxylation is 1. The van der Waals surface area contributed by atoms with Gasteiger partial charge in [-0.25, -0.2) is 15.0 Å². The van der Waals surface area contributed by atoms with Gasteiger partial charge >= 0.3 is 0 Å². The molecule has 1 atom stereocenters. The number of guanidine groups is 1. The number of pyridine rings is 1. The van der Waals surface area contributed by atoms with Crippen molar-refractivity contribution in [3.8, 4) is 5.82 Å². The Morgan fingerprint density at radius 3 is 2.89 bits per heavy atom. The molecule has 1 unspecified atom stereocenters. The smallest absolute Gasteiger partial charge is 0.191 e. The van der Waals surface area contributed by atoms with Crippen molar-refractivity contribution in [2.75, 3.05) is 6.54 Å². The molecule has 6 nitrogen and oxygen atoms in total. The van der Waals surface area contributed by atoms with Gasteiger partial charge in [0.15, 0.2) is 5.96 Å². The van der Waals surface area contributed by atoms with Crippen molar-refractivity contribution in [3.05, 3.63) is 64.5 Å². The van der Waals surface area contributed by atoms with E-state index in [0.717, 1.165) is 30.3 Å². The van der Waals surface area contributed by atoms with E-state index in [2.05, 4.69) is 53.5 Å². The number of thiophene rings is 1. The van der Waals surface area contributed by atoms with E-state index >= 15 is 0 Å². The lowest BCUT2D eigenvalue weighted by Crippen LogP contribution is -2.43. The lowest BCUT2D eigenvalue weighted by molar-refractivity contribution is 0.645. The van der Waals surface area contributed by atoms with Crippen LogP contribution in [-0.4, -0.2) is 33.1 Å². The van der Waals surface area contributed by atoms with Crippen molar-refractivity contribution in [1.29, 1.82) is 0 Å². The normalized spacial score (nSPS) is 12.8. The Morgan fingerprint density at radius 1 is 1.30 bits per heavy atom. The van der Waals surface area contributed by atoms with E-state index in [1.807, 2.05) is 40.4 Å². The van der Waals surface area contributed by atoms with Crippen LogP contribution in [0.15, 0.2) is 54.2 Å². The average Bonchev–Trinajstić information content (AvgIpc) is 3.32. The van der Waals surface area contributed by atoms with Crippen LogP contribution >= 0.6 is 11.3 Å². The van der Waals surface area contributed by atoms with Gasteiger partial charge in [-0.15, -0.1) is 11.3 Å². The lowest BCUT2D eigenvalue weighted by atomic mass is 10.2. The summed E-state index contributed by atoms with van der Waals surface area (Å²) in [5, 5.41) is 6.83. The van der Waals surface area contributed by atoms with Crippen LogP contribution in [0.3, 0.4) is 0 Å². The maximum absolute atomic E-state index is 4.74. The molecular weight excluding hydrogens is 356 g/mol. The van der Waals surface area contributed by atoms with E-state index < -0.39 is 0 Å². The second-order valence-corrected chi connectivity index (χ2v) is 7.82. The Labute approximate surface area is 164 Å². The summed E-state index contributed by atoms with van der Waals surface area (Å²) in [7, 11) is 0. The highest BCUT2D eigenvalue weighted by Crippen LogP contribution is 2.16. The van der Waals surface area contributed by atoms with Gasteiger partial charge in [0, 0.05) is 47.4 Å². The standard InChI is InChI=1S/C20H26N6S/c1-4-22-20(25-15(2)11-18-6-5-16(3)27-18)24-13-17-7-8-23-19(12-17)26-10-9-21-14-26/h5-10,12,14-15H,4,11,13H2,1-3H3,(H2,22,24,25). The highest BCUT2D eigenvalue weighted by Gasteiger charge is 2.08. The molecule has 0 bridgehead atoms. The van der Waals surface area contributed by atoms with Gasteiger partial charge in [0.1, 0.15) is 12.1 Å². The topological polar surface area (TPSA) is 67.1 Å². The molecule has 2 N–H and O–H groups in total. The Morgan fingerprint density at radius 2 is 2.19 bits per heavy atom. The van der Waals surface area contributed by atoms with Crippen molar-refractivity contribution in [3.63, 3.8) is 0 Å². The summed E-state index contributed by atoms with van der Waals surface area (Å²) in [5.74, 6) is 1.68. The van der Waals surface area contributed by atoms with Crippen molar-refractivity contribution in [1.82, 2.24) is 25.2 Å². The van der Waals surface area contributed by atoms with Gasteiger partial charge < -0.3 is 10.6 Å². The predicted molar refractivity (Wildman–Crippen MR) is 112 cm³/mol. The molecule has 7 heteroatoms. The number of aromatic nitrogens is 3. The van der Waals surface area contributed by atoms with Crippen molar-refractivity contribution >= 4 is 17.3 Å². The fourth-order valence-electron chi connectivity index (χ4n) is 2.77. The van der Waals surface area contributed by atoms with Crippen LogP contribution < -0.4 is 10.6 Å². The Hall–Kier alpha value is -2.67. The average molecular weight is 383 g/mol. The molecule has 0 aliphatic carbocycles. The van der Waals surface area contributed by atoms with Gasteiger partial charge in [-0.05, 0) is 50.6 Å². The zero-order valence-electron chi connectivity index (χ0n) is 16.0. The summed E-state index contributed by atoms with van der Waals surface area (Å²) in [6, 6.07) is 8.71. The number of aliphatic imine (C=N–C) groups is 1. The third-order valence-corrected chi connectivity index (χ3v) is 5.05. The Kier molecular flexibility index (Phi) is 6.59. The van der Waals surface area contributed by atoms with Gasteiger partial charge in [-0.1, -0.05) is 0 Å². The largest absolute Gasteiger partial charge is 0.357 e. The van der Waals surface area contributed by atoms with E-state index in [-0.39, 0.29) is 0 Å². The molecule has 3 aromatic rings. The van der Waals surface area contributed by atoms with E-state index in [1.54, 1.807) is 12.5 Å². The molecule has 0 radical (unpaired) electrons. The molecule has 0 saturated carbocycles. The van der Waals surface area contributed by atoms with Crippen LogP contribution in [0.5, 0.6) is 0 Å². The Balaban J connectivity index is 1.64. The van der Waals surface area contributed by atoms with Crippen LogP contribution in [-0.2, 0) is 13.0 Å². The molecule has 0 saturated heterocycles. The second kappa shape index (κ2) is 9.32. The first-order valence-corrected chi connectivity index (χ1v) is 9.99. The minimum Gasteiger partial charge on any atom is -0.357 e. The first-order chi connectivity index (χ1) is 13.1. The van der Waals surface area contributed by atoms with Crippen LogP contribution in [0.4, 0.5) is 0 Å². The first kappa shape index (κ1) is 19.1. The van der Waals surface area contributed by atoms with E-state index in [0.29, 0.717) is 12.6 Å². The third-order valence-electron chi connectivity index (χ3n) is 4.03. The fourth-order valence-corrected chi connectivity index (χ4v) is 3.79. The molecule has 3 rings (SSSR count). The zero-order valence-corrected chi connectivity index (χ0v) is 16.8. The van der Waals surface area contributed by atoms with Crippen LogP contribution in [0.2, 0.25) is 0 Å². The second-order valence-electron chi connectivity index (χ2n) is 6.45. The molecule has 27 heavy (non-hydrogen) atoms. The maximum Gasteiger partial charge on any atom is 0.191 e. The van der Waals surface area contributed by atoms with E-state index in [1.165, 1.54) is 9.75 Å². The first-order valence-electron chi connectivity index (χ1n) is 9.17. The van der Waals surface area contributed by atoms with Crippen molar-refractivity contribution < 1.29 is 0 Å². The van der Waals surface area contributed by atoms with E-state index in [9.17, 15) is 0 Å². The molecule has 0 spiro atoms. The van der Waals surface area contributed by atoms with Crippen LogP contribution in [0, 0.1) is 6.92 Å². The Bertz CT molecular complexity index is 868. The number of imidazole rings is 1. The van der Waals surface area contributed by atoms with Crippen LogP contribution in [0.25, 0.3) is 5.82 Å². The molecule has 3 heterocycles. The number of rotatable bonds is 7. The molecule has 0 aliphatic rings. The number of hydrogen-bond donors (Lipinski definition) is 2. The monoisotopic (exact) mass is 382 g/mol. The summed E-state index contributed by atoms with van der Waals surface area (Å²) in [5.41, 5.74) is 1.10. The zero-order chi connectivity index (χ0) is 19.1. The molecule has 3 aromatic heterocycles. The highest BCUT2D eigenvalue weighted by atomic mass is 32.1. The molecule has 0 aliphatic heterocycles. The SMILES string of the molecule is CCNC(=NCc1ccnc(-n2ccnc2)c1)NC(C)Cc1ccc(C)s1. The summed E-state index contributed by atoms with van der Waals surface area (Å²) >= 11 is 1.85. The van der Waals surface area contributed by atoms with E-state index in [4.69, 9.17) is 4.99 Å². The summed E-state index contributed by atoms with van der Waals surface area (Å²) in [6.45, 7) is 7.82. The minimum absolute atomic E-state index is 0.305. The number of nitrogens with one attached hydrogen (secondary N) is 2. The predicted octanol–water partition coefficient (Wildman–Crippen LogP) is 3.32. The minimum atomic E-state index is 0.305. The van der Waals surface area contributed by atoms with Crippen LogP contribution in [0.1, 0.15) is 29.2 Å². The summed E-state index contributed by atoms with van der Waals surface area (Å²) < 4.78 is 1.89. The molecule has 0 fully saturated rings. The molecular formula is C20H26N6S.